The van der Waals surface area contributed by atoms with Crippen molar-refractivity contribution in [3.8, 4) is 0 Å². The van der Waals surface area contributed by atoms with Gasteiger partial charge in [-0.1, -0.05) is 42.5 Å². The molecule has 1 amide bonds. The lowest BCUT2D eigenvalue weighted by atomic mass is 10.1. The second kappa shape index (κ2) is 14.0. The number of anilines is 1. The average molecular weight is 536 g/mol. The van der Waals surface area contributed by atoms with Gasteiger partial charge in [0.15, 0.2) is 5.96 Å². The molecule has 0 saturated carbocycles. The van der Waals surface area contributed by atoms with Crippen molar-refractivity contribution in [1.29, 1.82) is 0 Å². The fourth-order valence-electron chi connectivity index (χ4n) is 3.41. The number of rotatable bonds is 9. The van der Waals surface area contributed by atoms with Crippen molar-refractivity contribution in [3.63, 3.8) is 0 Å². The number of carbonyl (C=O) groups excluding carboxylic acids is 1. The summed E-state index contributed by atoms with van der Waals surface area (Å²) in [5.41, 5.74) is 3.17. The number of halogens is 1. The number of nitrogens with one attached hydrogen (secondary N) is 3. The minimum absolute atomic E-state index is 0. The molecule has 1 aliphatic heterocycles. The van der Waals surface area contributed by atoms with Gasteiger partial charge in [-0.25, -0.2) is 4.99 Å². The minimum Gasteiger partial charge on any atom is -0.368 e. The molecule has 1 heterocycles. The second-order valence-corrected chi connectivity index (χ2v) is 7.40. The summed E-state index contributed by atoms with van der Waals surface area (Å²) < 4.78 is 5.45. The molecule has 3 rings (SSSR count). The molecule has 0 bridgehead atoms. The maximum absolute atomic E-state index is 12.2. The molecule has 2 aromatic carbocycles. The van der Waals surface area contributed by atoms with Crippen molar-refractivity contribution in [2.75, 3.05) is 25.0 Å². The van der Waals surface area contributed by atoms with Gasteiger partial charge >= 0.3 is 0 Å². The number of ether oxygens (including phenoxy) is 1. The third-order valence-electron chi connectivity index (χ3n) is 4.96. The largest absolute Gasteiger partial charge is 0.368 e. The molecular formula is C24H33IN4O2. The molecule has 7 heteroatoms. The van der Waals surface area contributed by atoms with Gasteiger partial charge in [-0.05, 0) is 55.9 Å². The lowest BCUT2D eigenvalue weighted by molar-refractivity contribution is -0.124. The summed E-state index contributed by atoms with van der Waals surface area (Å²) in [6.45, 7) is 4.93. The number of guanidine groups is 1. The zero-order valence-electron chi connectivity index (χ0n) is 18.1. The Labute approximate surface area is 202 Å². The summed E-state index contributed by atoms with van der Waals surface area (Å²) in [4.78, 5) is 16.9. The predicted octanol–water partition coefficient (Wildman–Crippen LogP) is 4.11. The van der Waals surface area contributed by atoms with Gasteiger partial charge in [-0.2, -0.15) is 0 Å². The molecule has 1 unspecified atom stereocenters. The minimum atomic E-state index is -0.327. The number of nitrogens with zero attached hydrogens (tertiary/aromatic N) is 1. The number of carbonyl (C=O) groups is 1. The Morgan fingerprint density at radius 1 is 1.10 bits per heavy atom. The van der Waals surface area contributed by atoms with Crippen LogP contribution in [-0.4, -0.2) is 37.7 Å². The van der Waals surface area contributed by atoms with Gasteiger partial charge in [0.1, 0.15) is 6.10 Å². The van der Waals surface area contributed by atoms with Gasteiger partial charge in [0, 0.05) is 25.4 Å². The maximum atomic E-state index is 12.2. The highest BCUT2D eigenvalue weighted by molar-refractivity contribution is 14.0. The van der Waals surface area contributed by atoms with Crippen LogP contribution in [0.2, 0.25) is 0 Å². The van der Waals surface area contributed by atoms with E-state index in [2.05, 4.69) is 52.1 Å². The van der Waals surface area contributed by atoms with E-state index in [-0.39, 0.29) is 36.0 Å². The van der Waals surface area contributed by atoms with Crippen molar-refractivity contribution < 1.29 is 9.53 Å². The van der Waals surface area contributed by atoms with E-state index in [1.807, 2.05) is 30.3 Å². The summed E-state index contributed by atoms with van der Waals surface area (Å²) in [6, 6.07) is 18.3. The van der Waals surface area contributed by atoms with Crippen LogP contribution in [0.25, 0.3) is 0 Å². The molecule has 1 fully saturated rings. The molecule has 0 aliphatic carbocycles. The molecule has 3 N–H and O–H groups in total. The lowest BCUT2D eigenvalue weighted by Gasteiger charge is -2.12. The van der Waals surface area contributed by atoms with Crippen LogP contribution in [0.5, 0.6) is 0 Å². The Kier molecular flexibility index (Phi) is 11.4. The topological polar surface area (TPSA) is 74.8 Å². The first-order chi connectivity index (χ1) is 14.7. The van der Waals surface area contributed by atoms with Crippen LogP contribution in [0.15, 0.2) is 59.6 Å². The van der Waals surface area contributed by atoms with Crippen molar-refractivity contribution >= 4 is 41.5 Å². The third-order valence-corrected chi connectivity index (χ3v) is 4.96. The van der Waals surface area contributed by atoms with Crippen LogP contribution in [0.1, 0.15) is 37.3 Å². The van der Waals surface area contributed by atoms with Gasteiger partial charge in [-0.3, -0.25) is 4.79 Å². The first kappa shape index (κ1) is 25.1. The molecule has 1 atom stereocenters. The Morgan fingerprint density at radius 2 is 1.90 bits per heavy atom. The number of aliphatic imine (C=N–C) groups is 1. The van der Waals surface area contributed by atoms with E-state index < -0.39 is 0 Å². The number of hydrogen-bond acceptors (Lipinski definition) is 3. The lowest BCUT2D eigenvalue weighted by Crippen LogP contribution is -2.37. The van der Waals surface area contributed by atoms with E-state index in [1.165, 1.54) is 5.56 Å². The smallest absolute Gasteiger partial charge is 0.253 e. The Bertz CT molecular complexity index is 823. The van der Waals surface area contributed by atoms with Crippen LogP contribution in [-0.2, 0) is 22.5 Å². The van der Waals surface area contributed by atoms with E-state index in [9.17, 15) is 4.79 Å². The van der Waals surface area contributed by atoms with E-state index >= 15 is 0 Å². The van der Waals surface area contributed by atoms with Crippen LogP contribution in [0.4, 0.5) is 5.69 Å². The normalized spacial score (nSPS) is 15.8. The summed E-state index contributed by atoms with van der Waals surface area (Å²) in [7, 11) is 0. The number of aryl methyl sites for hydroxylation is 1. The average Bonchev–Trinajstić information content (AvgIpc) is 3.31. The van der Waals surface area contributed by atoms with Crippen LogP contribution in [0, 0.1) is 0 Å². The summed E-state index contributed by atoms with van der Waals surface area (Å²) in [6.07, 6.45) is 3.49. The molecule has 168 valence electrons. The third kappa shape index (κ3) is 8.86. The van der Waals surface area contributed by atoms with Crippen LogP contribution in [0.3, 0.4) is 0 Å². The Morgan fingerprint density at radius 3 is 2.65 bits per heavy atom. The molecule has 0 spiro atoms. The highest BCUT2D eigenvalue weighted by Crippen LogP contribution is 2.16. The zero-order valence-corrected chi connectivity index (χ0v) is 20.4. The molecular weight excluding hydrogens is 503 g/mol. The summed E-state index contributed by atoms with van der Waals surface area (Å²) in [5, 5.41) is 9.64. The summed E-state index contributed by atoms with van der Waals surface area (Å²) >= 11 is 0. The van der Waals surface area contributed by atoms with Gasteiger partial charge < -0.3 is 20.7 Å². The van der Waals surface area contributed by atoms with E-state index in [4.69, 9.17) is 4.74 Å². The standard InChI is InChI=1S/C24H32N4O2.HI/c1-2-25-24(26-15-7-12-19-9-4-3-5-10-19)27-18-20-11-6-13-21(17-20)28-23(29)22-14-8-16-30-22;/h3-6,9-11,13,17,22H,2,7-8,12,14-16,18H2,1H3,(H,28,29)(H2,25,26,27);1H. The van der Waals surface area contributed by atoms with Gasteiger partial charge in [-0.15, -0.1) is 24.0 Å². The Balaban J connectivity index is 0.00000341. The number of benzene rings is 2. The van der Waals surface area contributed by atoms with Crippen molar-refractivity contribution in [1.82, 2.24) is 10.6 Å². The molecule has 0 radical (unpaired) electrons. The van der Waals surface area contributed by atoms with Gasteiger partial charge in [0.2, 0.25) is 0 Å². The first-order valence-corrected chi connectivity index (χ1v) is 10.8. The van der Waals surface area contributed by atoms with Crippen molar-refractivity contribution in [2.24, 2.45) is 4.99 Å². The Hall–Kier alpha value is -2.13. The van der Waals surface area contributed by atoms with E-state index in [0.717, 1.165) is 56.0 Å². The van der Waals surface area contributed by atoms with E-state index in [1.54, 1.807) is 0 Å². The monoisotopic (exact) mass is 536 g/mol. The van der Waals surface area contributed by atoms with Crippen molar-refractivity contribution in [3.05, 3.63) is 65.7 Å². The predicted molar refractivity (Wildman–Crippen MR) is 137 cm³/mol. The second-order valence-electron chi connectivity index (χ2n) is 7.40. The molecule has 0 aromatic heterocycles. The fraction of sp³-hybridized carbons (Fsp3) is 0.417. The van der Waals surface area contributed by atoms with Crippen LogP contribution >= 0.6 is 24.0 Å². The highest BCUT2D eigenvalue weighted by Gasteiger charge is 2.23. The molecule has 1 saturated heterocycles. The molecule has 6 nitrogen and oxygen atoms in total. The highest BCUT2D eigenvalue weighted by atomic mass is 127. The van der Waals surface area contributed by atoms with Gasteiger partial charge in [0.25, 0.3) is 5.91 Å². The first-order valence-electron chi connectivity index (χ1n) is 10.8. The molecule has 1 aliphatic rings. The molecule has 31 heavy (non-hydrogen) atoms. The fourth-order valence-corrected chi connectivity index (χ4v) is 3.41. The van der Waals surface area contributed by atoms with Crippen molar-refractivity contribution in [2.45, 2.75) is 45.3 Å². The molecule has 2 aromatic rings. The summed E-state index contributed by atoms with van der Waals surface area (Å²) in [5.74, 6) is 0.737. The van der Waals surface area contributed by atoms with Crippen LogP contribution < -0.4 is 16.0 Å². The van der Waals surface area contributed by atoms with E-state index in [0.29, 0.717) is 13.2 Å². The zero-order chi connectivity index (χ0) is 21.0. The maximum Gasteiger partial charge on any atom is 0.253 e. The quantitative estimate of drug-likeness (QED) is 0.195. The number of hydrogen-bond donors (Lipinski definition) is 3. The number of amides is 1. The SMILES string of the molecule is CCNC(=NCc1cccc(NC(=O)C2CCCO2)c1)NCCCc1ccccc1.I. The van der Waals surface area contributed by atoms with Gasteiger partial charge in [0.05, 0.1) is 6.54 Å².